The van der Waals surface area contributed by atoms with Crippen LogP contribution in [-0.2, 0) is 14.3 Å². The molecule has 1 aliphatic carbocycles. The molecule has 3 aromatic carbocycles. The van der Waals surface area contributed by atoms with E-state index in [1.807, 2.05) is 6.07 Å². The summed E-state index contributed by atoms with van der Waals surface area (Å²) >= 11 is 0. The molecule has 2 fully saturated rings. The van der Waals surface area contributed by atoms with Gasteiger partial charge < -0.3 is 9.47 Å². The molecule has 3 aliphatic rings. The van der Waals surface area contributed by atoms with Gasteiger partial charge in [0, 0.05) is 11.1 Å². The number of nitrogens with zero attached hydrogens (tertiary/aromatic N) is 1. The summed E-state index contributed by atoms with van der Waals surface area (Å²) in [6, 6.07) is 21.9. The molecule has 2 heterocycles. The Bertz CT molecular complexity index is 1330. The number of ether oxygens (including phenoxy) is 2. The Hall–Kier alpha value is -4.10. The van der Waals surface area contributed by atoms with Crippen molar-refractivity contribution in [2.24, 2.45) is 11.8 Å². The summed E-state index contributed by atoms with van der Waals surface area (Å²) in [5.41, 5.74) is -0.666. The fourth-order valence-electron chi connectivity index (χ4n) is 5.45. The molecule has 3 aromatic rings. The van der Waals surface area contributed by atoms with Crippen molar-refractivity contribution < 1.29 is 28.7 Å². The summed E-state index contributed by atoms with van der Waals surface area (Å²) in [4.78, 5) is 56.0. The summed E-state index contributed by atoms with van der Waals surface area (Å²) in [6.45, 7) is 0. The molecule has 7 heteroatoms. The molecule has 0 unspecified atom stereocenters. The van der Waals surface area contributed by atoms with E-state index in [2.05, 4.69) is 0 Å². The van der Waals surface area contributed by atoms with Gasteiger partial charge in [-0.2, -0.15) is 0 Å². The van der Waals surface area contributed by atoms with E-state index in [0.29, 0.717) is 17.0 Å². The van der Waals surface area contributed by atoms with Crippen LogP contribution in [0.15, 0.2) is 78.9 Å². The van der Waals surface area contributed by atoms with E-state index in [-0.39, 0.29) is 11.1 Å². The van der Waals surface area contributed by atoms with Crippen molar-refractivity contribution in [3.8, 4) is 5.75 Å². The normalized spacial score (nSPS) is 24.6. The average Bonchev–Trinajstić information content (AvgIpc) is 3.45. The minimum absolute atomic E-state index is 0.211. The highest BCUT2D eigenvalue weighted by Crippen LogP contribution is 2.57. The molecular weight excluding hydrogens is 434 g/mol. The number of benzene rings is 3. The van der Waals surface area contributed by atoms with Crippen LogP contribution in [0, 0.1) is 11.8 Å². The van der Waals surface area contributed by atoms with Crippen molar-refractivity contribution >= 4 is 29.1 Å². The number of anilines is 1. The first kappa shape index (κ1) is 20.5. The van der Waals surface area contributed by atoms with E-state index >= 15 is 0 Å². The summed E-state index contributed by atoms with van der Waals surface area (Å²) in [6.07, 6.45) is -0.923. The molecule has 0 N–H and O–H groups in total. The highest BCUT2D eigenvalue weighted by molar-refractivity contribution is 6.37. The van der Waals surface area contributed by atoms with Crippen molar-refractivity contribution in [2.45, 2.75) is 11.7 Å². The number of hydrogen-bond acceptors (Lipinski definition) is 6. The first-order valence-electron chi connectivity index (χ1n) is 10.9. The number of imide groups is 1. The van der Waals surface area contributed by atoms with Crippen LogP contribution in [0.5, 0.6) is 5.75 Å². The zero-order valence-corrected chi connectivity index (χ0v) is 18.1. The number of carbonyl (C=O) groups is 4. The van der Waals surface area contributed by atoms with E-state index in [1.54, 1.807) is 72.8 Å². The van der Waals surface area contributed by atoms with Gasteiger partial charge >= 0.3 is 0 Å². The van der Waals surface area contributed by atoms with Gasteiger partial charge in [-0.05, 0) is 29.8 Å². The summed E-state index contributed by atoms with van der Waals surface area (Å²) < 4.78 is 11.4. The molecule has 2 aliphatic heterocycles. The maximum absolute atomic E-state index is 13.8. The molecule has 168 valence electrons. The Morgan fingerprint density at radius 3 is 1.94 bits per heavy atom. The van der Waals surface area contributed by atoms with Gasteiger partial charge in [0.25, 0.3) is 0 Å². The number of rotatable bonds is 3. The predicted molar refractivity (Wildman–Crippen MR) is 121 cm³/mol. The second-order valence-corrected chi connectivity index (χ2v) is 8.60. The Morgan fingerprint density at radius 2 is 1.35 bits per heavy atom. The smallest absolute Gasteiger partial charge is 0.241 e. The third kappa shape index (κ3) is 2.50. The van der Waals surface area contributed by atoms with Crippen LogP contribution in [-0.4, -0.2) is 36.1 Å². The largest absolute Gasteiger partial charge is 0.497 e. The van der Waals surface area contributed by atoms with Crippen LogP contribution < -0.4 is 9.64 Å². The molecule has 0 bridgehead atoms. The Kier molecular flexibility index (Phi) is 4.34. The van der Waals surface area contributed by atoms with E-state index in [9.17, 15) is 19.2 Å². The van der Waals surface area contributed by atoms with Crippen LogP contribution in [0.3, 0.4) is 0 Å². The molecule has 2 saturated heterocycles. The monoisotopic (exact) mass is 453 g/mol. The quantitative estimate of drug-likeness (QED) is 0.446. The molecule has 1 spiro atoms. The second-order valence-electron chi connectivity index (χ2n) is 8.60. The number of amides is 2. The van der Waals surface area contributed by atoms with Crippen molar-refractivity contribution in [1.29, 1.82) is 0 Å². The van der Waals surface area contributed by atoms with Crippen molar-refractivity contribution in [3.63, 3.8) is 0 Å². The third-order valence-electron chi connectivity index (χ3n) is 6.98. The SMILES string of the molecule is COc1ccc(N2C(=O)[C@H]3[C@@H](c4ccccc4)OC4(C(=O)c5ccccc5C4=O)[C@@H]3C2=O)cc1. The van der Waals surface area contributed by atoms with Gasteiger partial charge in [-0.15, -0.1) is 0 Å². The Labute approximate surface area is 194 Å². The third-order valence-corrected chi connectivity index (χ3v) is 6.98. The first-order chi connectivity index (χ1) is 16.5. The van der Waals surface area contributed by atoms with Gasteiger partial charge in [-0.1, -0.05) is 54.6 Å². The molecular formula is C27H19NO6. The van der Waals surface area contributed by atoms with Gasteiger partial charge in [0.15, 0.2) is 0 Å². The molecule has 34 heavy (non-hydrogen) atoms. The highest BCUT2D eigenvalue weighted by atomic mass is 16.5. The molecule has 6 rings (SSSR count). The van der Waals surface area contributed by atoms with E-state index in [1.165, 1.54) is 7.11 Å². The van der Waals surface area contributed by atoms with Crippen molar-refractivity contribution in [3.05, 3.63) is 95.6 Å². The second kappa shape index (κ2) is 7.20. The van der Waals surface area contributed by atoms with Crippen molar-refractivity contribution in [2.75, 3.05) is 12.0 Å². The fraction of sp³-hybridized carbons (Fsp3) is 0.185. The maximum atomic E-state index is 13.8. The van der Waals surface area contributed by atoms with Gasteiger partial charge in [0.2, 0.25) is 29.0 Å². The lowest BCUT2D eigenvalue weighted by Crippen LogP contribution is -2.51. The Balaban J connectivity index is 1.52. The maximum Gasteiger partial charge on any atom is 0.241 e. The van der Waals surface area contributed by atoms with Crippen molar-refractivity contribution in [1.82, 2.24) is 0 Å². The molecule has 0 aromatic heterocycles. The average molecular weight is 453 g/mol. The number of fused-ring (bicyclic) bond motifs is 3. The minimum atomic E-state index is -2.07. The summed E-state index contributed by atoms with van der Waals surface area (Å²) in [5, 5.41) is 0. The van der Waals surface area contributed by atoms with Gasteiger partial charge in [-0.3, -0.25) is 19.2 Å². The van der Waals surface area contributed by atoms with Crippen LogP contribution in [0.4, 0.5) is 5.69 Å². The number of methoxy groups -OCH3 is 1. The Morgan fingerprint density at radius 1 is 0.765 bits per heavy atom. The van der Waals surface area contributed by atoms with Crippen LogP contribution >= 0.6 is 0 Å². The zero-order valence-electron chi connectivity index (χ0n) is 18.1. The summed E-state index contributed by atoms with van der Waals surface area (Å²) in [7, 11) is 1.52. The fourth-order valence-corrected chi connectivity index (χ4v) is 5.45. The molecule has 2 amide bonds. The van der Waals surface area contributed by atoms with Gasteiger partial charge in [-0.25, -0.2) is 4.90 Å². The minimum Gasteiger partial charge on any atom is -0.497 e. The predicted octanol–water partition coefficient (Wildman–Crippen LogP) is 3.39. The molecule has 0 saturated carbocycles. The summed E-state index contributed by atoms with van der Waals surface area (Å²) in [5.74, 6) is -3.96. The molecule has 7 nitrogen and oxygen atoms in total. The first-order valence-corrected chi connectivity index (χ1v) is 10.9. The lowest BCUT2D eigenvalue weighted by molar-refractivity contribution is -0.127. The number of hydrogen-bond donors (Lipinski definition) is 0. The van der Waals surface area contributed by atoms with Crippen LogP contribution in [0.1, 0.15) is 32.4 Å². The zero-order chi connectivity index (χ0) is 23.6. The molecule has 3 atom stereocenters. The standard InChI is InChI=1S/C27H19NO6/c1-33-17-13-11-16(12-14-17)28-25(31)20-21(26(28)32)27(34-22(20)15-7-3-2-4-8-15)23(29)18-9-5-6-10-19(18)24(27)30/h2-14,20-22H,1H3/t20-,21+,22-/m1/s1. The van der Waals surface area contributed by atoms with E-state index < -0.39 is 46.9 Å². The number of Topliss-reactive ketones (excluding diaryl/α,β-unsaturated/α-hetero) is 2. The lowest BCUT2D eigenvalue weighted by atomic mass is 9.77. The lowest BCUT2D eigenvalue weighted by Gasteiger charge is -2.27. The molecule has 0 radical (unpaired) electrons. The van der Waals surface area contributed by atoms with Gasteiger partial charge in [0.1, 0.15) is 5.75 Å². The van der Waals surface area contributed by atoms with E-state index in [4.69, 9.17) is 9.47 Å². The van der Waals surface area contributed by atoms with Crippen LogP contribution in [0.25, 0.3) is 0 Å². The topological polar surface area (TPSA) is 90.0 Å². The van der Waals surface area contributed by atoms with Crippen LogP contribution in [0.2, 0.25) is 0 Å². The number of ketones is 2. The highest BCUT2D eigenvalue weighted by Gasteiger charge is 2.74. The van der Waals surface area contributed by atoms with Gasteiger partial charge in [0.05, 0.1) is 30.7 Å². The van der Waals surface area contributed by atoms with E-state index in [0.717, 1.165) is 4.90 Å². The number of carbonyl (C=O) groups excluding carboxylic acids is 4.